The molecule has 0 fully saturated rings. The molecule has 0 unspecified atom stereocenters. The van der Waals surface area contributed by atoms with Crippen molar-refractivity contribution in [3.05, 3.63) is 35.9 Å². The van der Waals surface area contributed by atoms with Crippen LogP contribution in [0.3, 0.4) is 0 Å². The predicted molar refractivity (Wildman–Crippen MR) is 71.2 cm³/mol. The Morgan fingerprint density at radius 1 is 1.21 bits per heavy atom. The van der Waals surface area contributed by atoms with Gasteiger partial charge in [0.2, 0.25) is 0 Å². The van der Waals surface area contributed by atoms with Gasteiger partial charge in [0.25, 0.3) is 0 Å². The monoisotopic (exact) mass is 265 g/mol. The van der Waals surface area contributed by atoms with E-state index in [9.17, 15) is 14.7 Å². The van der Waals surface area contributed by atoms with Gasteiger partial charge < -0.3 is 21.5 Å². The zero-order valence-electron chi connectivity index (χ0n) is 10.6. The first-order chi connectivity index (χ1) is 9.17. The summed E-state index contributed by atoms with van der Waals surface area (Å²) in [5.41, 5.74) is 6.20. The van der Waals surface area contributed by atoms with Gasteiger partial charge in [-0.2, -0.15) is 0 Å². The third-order valence-corrected chi connectivity index (χ3v) is 2.52. The Morgan fingerprint density at radius 3 is 2.47 bits per heavy atom. The van der Waals surface area contributed by atoms with Gasteiger partial charge in [-0.25, -0.2) is 0 Å². The SMILES string of the molecule is NCCNC(=O)C(=O)N[C@H](CO)Cc1ccccc1. The molecule has 1 aromatic carbocycles. The average Bonchev–Trinajstić information content (AvgIpc) is 2.44. The quantitative estimate of drug-likeness (QED) is 0.484. The molecule has 0 spiro atoms. The largest absolute Gasteiger partial charge is 0.394 e. The molecule has 0 saturated heterocycles. The highest BCUT2D eigenvalue weighted by molar-refractivity contribution is 6.35. The molecule has 0 aliphatic heterocycles. The van der Waals surface area contributed by atoms with Gasteiger partial charge in [0, 0.05) is 13.1 Å². The Kier molecular flexibility index (Phi) is 6.56. The summed E-state index contributed by atoms with van der Waals surface area (Å²) in [4.78, 5) is 22.9. The molecule has 6 nitrogen and oxygen atoms in total. The van der Waals surface area contributed by atoms with Crippen LogP contribution < -0.4 is 16.4 Å². The molecule has 19 heavy (non-hydrogen) atoms. The number of carbonyl (C=O) groups excluding carboxylic acids is 2. The van der Waals surface area contributed by atoms with Gasteiger partial charge in [0.05, 0.1) is 12.6 Å². The molecule has 0 aliphatic carbocycles. The van der Waals surface area contributed by atoms with Crippen LogP contribution in [0.4, 0.5) is 0 Å². The highest BCUT2D eigenvalue weighted by Crippen LogP contribution is 2.02. The van der Waals surface area contributed by atoms with E-state index in [1.165, 1.54) is 0 Å². The average molecular weight is 265 g/mol. The Labute approximate surface area is 112 Å². The van der Waals surface area contributed by atoms with Crippen LogP contribution in [-0.2, 0) is 16.0 Å². The van der Waals surface area contributed by atoms with E-state index in [1.807, 2.05) is 30.3 Å². The topological polar surface area (TPSA) is 104 Å². The second-order valence-electron chi connectivity index (χ2n) is 4.09. The van der Waals surface area contributed by atoms with Crippen LogP contribution in [0.2, 0.25) is 0 Å². The first kappa shape index (κ1) is 15.1. The van der Waals surface area contributed by atoms with E-state index in [2.05, 4.69) is 10.6 Å². The lowest BCUT2D eigenvalue weighted by atomic mass is 10.1. The number of carbonyl (C=O) groups is 2. The number of amides is 2. The minimum absolute atomic E-state index is 0.231. The molecule has 0 saturated carbocycles. The van der Waals surface area contributed by atoms with Crippen LogP contribution in [0, 0.1) is 0 Å². The zero-order valence-corrected chi connectivity index (χ0v) is 10.6. The van der Waals surface area contributed by atoms with Crippen molar-refractivity contribution >= 4 is 11.8 Å². The maximum atomic E-state index is 11.5. The summed E-state index contributed by atoms with van der Waals surface area (Å²) < 4.78 is 0. The van der Waals surface area contributed by atoms with Gasteiger partial charge in [-0.05, 0) is 12.0 Å². The van der Waals surface area contributed by atoms with E-state index >= 15 is 0 Å². The molecule has 1 aromatic rings. The first-order valence-corrected chi connectivity index (χ1v) is 6.11. The lowest BCUT2D eigenvalue weighted by molar-refractivity contribution is -0.139. The maximum Gasteiger partial charge on any atom is 0.309 e. The van der Waals surface area contributed by atoms with Crippen molar-refractivity contribution in [1.29, 1.82) is 0 Å². The van der Waals surface area contributed by atoms with Crippen molar-refractivity contribution in [1.82, 2.24) is 10.6 Å². The second kappa shape index (κ2) is 8.23. The smallest absolute Gasteiger partial charge is 0.309 e. The Bertz CT molecular complexity index is 409. The van der Waals surface area contributed by atoms with Gasteiger partial charge in [0.15, 0.2) is 0 Å². The highest BCUT2D eigenvalue weighted by atomic mass is 16.3. The third-order valence-electron chi connectivity index (χ3n) is 2.52. The molecule has 5 N–H and O–H groups in total. The summed E-state index contributed by atoms with van der Waals surface area (Å²) in [6.07, 6.45) is 0.466. The first-order valence-electron chi connectivity index (χ1n) is 6.11. The number of hydrogen-bond donors (Lipinski definition) is 4. The fourth-order valence-corrected chi connectivity index (χ4v) is 1.58. The second-order valence-corrected chi connectivity index (χ2v) is 4.09. The van der Waals surface area contributed by atoms with Gasteiger partial charge in [-0.1, -0.05) is 30.3 Å². The molecule has 104 valence electrons. The molecule has 0 aromatic heterocycles. The van der Waals surface area contributed by atoms with Crippen LogP contribution in [0.1, 0.15) is 5.56 Å². The predicted octanol–water partition coefficient (Wildman–Crippen LogP) is -1.22. The van der Waals surface area contributed by atoms with E-state index in [0.29, 0.717) is 6.42 Å². The normalized spacial score (nSPS) is 11.7. The third kappa shape index (κ3) is 5.50. The molecular formula is C13H19N3O3. The number of benzene rings is 1. The highest BCUT2D eigenvalue weighted by Gasteiger charge is 2.17. The standard InChI is InChI=1S/C13H19N3O3/c14-6-7-15-12(18)13(19)16-11(9-17)8-10-4-2-1-3-5-10/h1-5,11,17H,6-9,14H2,(H,15,18)(H,16,19)/t11-/m0/s1. The van der Waals surface area contributed by atoms with Gasteiger partial charge in [-0.15, -0.1) is 0 Å². The van der Waals surface area contributed by atoms with Crippen LogP contribution in [-0.4, -0.2) is 42.7 Å². The maximum absolute atomic E-state index is 11.5. The number of aliphatic hydroxyl groups excluding tert-OH is 1. The lowest BCUT2D eigenvalue weighted by Crippen LogP contribution is -2.47. The molecule has 1 atom stereocenters. The molecule has 0 aliphatic rings. The van der Waals surface area contributed by atoms with Gasteiger partial charge in [0.1, 0.15) is 0 Å². The molecule has 2 amide bonds. The Hall–Kier alpha value is -1.92. The number of hydrogen-bond acceptors (Lipinski definition) is 4. The summed E-state index contributed by atoms with van der Waals surface area (Å²) in [6, 6.07) is 8.93. The number of nitrogens with one attached hydrogen (secondary N) is 2. The van der Waals surface area contributed by atoms with E-state index < -0.39 is 17.9 Å². The minimum Gasteiger partial charge on any atom is -0.394 e. The van der Waals surface area contributed by atoms with E-state index in [4.69, 9.17) is 5.73 Å². The van der Waals surface area contributed by atoms with Crippen LogP contribution >= 0.6 is 0 Å². The number of rotatable bonds is 6. The van der Waals surface area contributed by atoms with Crippen molar-refractivity contribution in [2.45, 2.75) is 12.5 Å². The van der Waals surface area contributed by atoms with Gasteiger partial charge >= 0.3 is 11.8 Å². The van der Waals surface area contributed by atoms with Crippen molar-refractivity contribution in [3.8, 4) is 0 Å². The molecule has 6 heteroatoms. The van der Waals surface area contributed by atoms with Crippen LogP contribution in [0.25, 0.3) is 0 Å². The van der Waals surface area contributed by atoms with Gasteiger partial charge in [-0.3, -0.25) is 9.59 Å². The zero-order chi connectivity index (χ0) is 14.1. The molecular weight excluding hydrogens is 246 g/mol. The summed E-state index contributed by atoms with van der Waals surface area (Å²) in [7, 11) is 0. The Balaban J connectivity index is 2.48. The minimum atomic E-state index is -0.761. The fraction of sp³-hybridized carbons (Fsp3) is 0.385. The van der Waals surface area contributed by atoms with Crippen molar-refractivity contribution in [2.75, 3.05) is 19.7 Å². The van der Waals surface area contributed by atoms with E-state index in [0.717, 1.165) is 5.56 Å². The molecule has 0 heterocycles. The number of aliphatic hydroxyl groups is 1. The van der Waals surface area contributed by atoms with Crippen molar-refractivity contribution in [3.63, 3.8) is 0 Å². The molecule has 0 radical (unpaired) electrons. The summed E-state index contributed by atoms with van der Waals surface area (Å²) in [5.74, 6) is -1.50. The summed E-state index contributed by atoms with van der Waals surface area (Å²) in [5, 5.41) is 14.1. The van der Waals surface area contributed by atoms with E-state index in [1.54, 1.807) is 0 Å². The molecule has 0 bridgehead atoms. The van der Waals surface area contributed by atoms with Crippen LogP contribution in [0.5, 0.6) is 0 Å². The molecule has 1 rings (SSSR count). The lowest BCUT2D eigenvalue weighted by Gasteiger charge is -2.16. The Morgan fingerprint density at radius 2 is 1.89 bits per heavy atom. The van der Waals surface area contributed by atoms with Crippen LogP contribution in [0.15, 0.2) is 30.3 Å². The van der Waals surface area contributed by atoms with Crippen molar-refractivity contribution in [2.24, 2.45) is 5.73 Å². The van der Waals surface area contributed by atoms with E-state index in [-0.39, 0.29) is 19.7 Å². The van der Waals surface area contributed by atoms with Crippen molar-refractivity contribution < 1.29 is 14.7 Å². The number of nitrogens with two attached hydrogens (primary N) is 1. The summed E-state index contributed by atoms with van der Waals surface area (Å²) >= 11 is 0. The fourth-order valence-electron chi connectivity index (χ4n) is 1.58. The summed E-state index contributed by atoms with van der Waals surface area (Å²) in [6.45, 7) is 0.284.